The lowest BCUT2D eigenvalue weighted by Crippen LogP contribution is -2.48. The summed E-state index contributed by atoms with van der Waals surface area (Å²) >= 11 is 0. The summed E-state index contributed by atoms with van der Waals surface area (Å²) in [5.41, 5.74) is 0. The van der Waals surface area contributed by atoms with Gasteiger partial charge in [0.05, 0.1) is 13.1 Å². The molecule has 136 valence electrons. The number of ether oxygens (including phenoxy) is 2. The Bertz CT molecular complexity index is 615. The van der Waals surface area contributed by atoms with Crippen molar-refractivity contribution in [3.63, 3.8) is 0 Å². The van der Waals surface area contributed by atoms with Gasteiger partial charge in [0.15, 0.2) is 17.6 Å². The number of likely N-dealkylation sites (N-methyl/N-ethyl adjacent to an activating group) is 1. The van der Waals surface area contributed by atoms with E-state index >= 15 is 0 Å². The van der Waals surface area contributed by atoms with Crippen LogP contribution in [0.25, 0.3) is 0 Å². The molecule has 25 heavy (non-hydrogen) atoms. The molecule has 5 heteroatoms. The third kappa shape index (κ3) is 4.98. The summed E-state index contributed by atoms with van der Waals surface area (Å²) in [6.45, 7) is 2.26. The van der Waals surface area contributed by atoms with E-state index in [0.717, 1.165) is 37.3 Å². The number of benzene rings is 1. The summed E-state index contributed by atoms with van der Waals surface area (Å²) in [4.78, 5) is 16.6. The van der Waals surface area contributed by atoms with Gasteiger partial charge in [-0.1, -0.05) is 24.3 Å². The van der Waals surface area contributed by atoms with Crippen LogP contribution in [0, 0.1) is 5.92 Å². The van der Waals surface area contributed by atoms with Crippen molar-refractivity contribution in [2.45, 2.75) is 25.4 Å². The van der Waals surface area contributed by atoms with Crippen LogP contribution in [0.15, 0.2) is 36.4 Å². The van der Waals surface area contributed by atoms with E-state index in [0.29, 0.717) is 25.6 Å². The monoisotopic (exact) mass is 344 g/mol. The number of carbonyl (C=O) groups excluding carboxylic acids is 1. The average molecular weight is 344 g/mol. The van der Waals surface area contributed by atoms with Crippen LogP contribution in [0.3, 0.4) is 0 Å². The summed E-state index contributed by atoms with van der Waals surface area (Å²) in [5, 5.41) is 0. The molecule has 3 rings (SSSR count). The first-order valence-corrected chi connectivity index (χ1v) is 9.08. The highest BCUT2D eigenvalue weighted by Gasteiger charge is 2.27. The summed E-state index contributed by atoms with van der Waals surface area (Å²) < 4.78 is 11.9. The lowest BCUT2D eigenvalue weighted by molar-refractivity contribution is -0.134. The van der Waals surface area contributed by atoms with Crippen LogP contribution < -0.4 is 9.47 Å². The number of rotatable bonds is 6. The minimum absolute atomic E-state index is 0.125. The van der Waals surface area contributed by atoms with Crippen molar-refractivity contribution in [3.8, 4) is 11.5 Å². The Hall–Kier alpha value is -2.01. The van der Waals surface area contributed by atoms with Crippen LogP contribution in [0.4, 0.5) is 0 Å². The largest absolute Gasteiger partial charge is 0.486 e. The molecule has 2 atom stereocenters. The van der Waals surface area contributed by atoms with E-state index in [1.807, 2.05) is 48.2 Å². The van der Waals surface area contributed by atoms with Crippen molar-refractivity contribution in [1.82, 2.24) is 9.80 Å². The number of carbonyl (C=O) groups is 1. The fourth-order valence-electron chi connectivity index (χ4n) is 3.38. The van der Waals surface area contributed by atoms with E-state index in [1.165, 1.54) is 0 Å². The minimum atomic E-state index is -0.125. The Morgan fingerprint density at radius 2 is 1.96 bits per heavy atom. The topological polar surface area (TPSA) is 42.0 Å². The van der Waals surface area contributed by atoms with Gasteiger partial charge >= 0.3 is 0 Å². The second kappa shape index (κ2) is 8.39. The zero-order valence-corrected chi connectivity index (χ0v) is 15.2. The summed E-state index contributed by atoms with van der Waals surface area (Å²) in [6.07, 6.45) is 7.65. The maximum atomic E-state index is 12.7. The number of fused-ring (bicyclic) bond motifs is 1. The molecule has 1 aliphatic heterocycles. The first-order valence-electron chi connectivity index (χ1n) is 9.08. The first-order chi connectivity index (χ1) is 12.1. The molecule has 0 saturated carbocycles. The van der Waals surface area contributed by atoms with Crippen LogP contribution in [-0.2, 0) is 4.79 Å². The van der Waals surface area contributed by atoms with Gasteiger partial charge in [-0.15, -0.1) is 0 Å². The second-order valence-electron chi connectivity index (χ2n) is 7.18. The Morgan fingerprint density at radius 1 is 1.16 bits per heavy atom. The molecule has 0 unspecified atom stereocenters. The van der Waals surface area contributed by atoms with Crippen molar-refractivity contribution in [3.05, 3.63) is 36.4 Å². The molecule has 0 saturated heterocycles. The molecule has 1 amide bonds. The van der Waals surface area contributed by atoms with E-state index in [9.17, 15) is 4.79 Å². The normalized spacial score (nSPS) is 22.0. The molecule has 1 aromatic carbocycles. The molecule has 0 bridgehead atoms. The predicted molar refractivity (Wildman–Crippen MR) is 98.0 cm³/mol. The molecule has 0 N–H and O–H groups in total. The van der Waals surface area contributed by atoms with Gasteiger partial charge in [0.2, 0.25) is 5.91 Å². The SMILES string of the molecule is CN(C)CC(=O)N(C[C@@H]1CC=CCC1)C[C@@H]1COc2ccccc2O1. The van der Waals surface area contributed by atoms with E-state index in [2.05, 4.69) is 12.2 Å². The van der Waals surface area contributed by atoms with Gasteiger partial charge in [0, 0.05) is 6.54 Å². The number of nitrogens with zero attached hydrogens (tertiary/aromatic N) is 2. The predicted octanol–water partition coefficient (Wildman–Crippen LogP) is 2.57. The van der Waals surface area contributed by atoms with Crippen LogP contribution in [0.1, 0.15) is 19.3 Å². The highest BCUT2D eigenvalue weighted by Crippen LogP contribution is 2.31. The van der Waals surface area contributed by atoms with Gasteiger partial charge < -0.3 is 19.3 Å². The van der Waals surface area contributed by atoms with E-state index < -0.39 is 0 Å². The Balaban J connectivity index is 1.64. The third-order valence-electron chi connectivity index (χ3n) is 4.65. The highest BCUT2D eigenvalue weighted by atomic mass is 16.6. The molecule has 0 fully saturated rings. The van der Waals surface area contributed by atoms with E-state index in [1.54, 1.807) is 0 Å². The van der Waals surface area contributed by atoms with E-state index in [4.69, 9.17) is 9.47 Å². The molecule has 1 aliphatic carbocycles. The molecule has 0 spiro atoms. The number of hydrogen-bond donors (Lipinski definition) is 0. The summed E-state index contributed by atoms with van der Waals surface area (Å²) in [5.74, 6) is 2.23. The van der Waals surface area contributed by atoms with Crippen molar-refractivity contribution in [2.75, 3.05) is 40.3 Å². The number of hydrogen-bond acceptors (Lipinski definition) is 4. The van der Waals surface area contributed by atoms with Crippen LogP contribution in [0.5, 0.6) is 11.5 Å². The molecular weight excluding hydrogens is 316 g/mol. The molecule has 0 aromatic heterocycles. The smallest absolute Gasteiger partial charge is 0.236 e. The molecule has 2 aliphatic rings. The van der Waals surface area contributed by atoms with Crippen molar-refractivity contribution < 1.29 is 14.3 Å². The standard InChI is InChI=1S/C20H28N2O3/c1-21(2)14-20(23)22(12-16-8-4-3-5-9-16)13-17-15-24-18-10-6-7-11-19(18)25-17/h3-4,6-7,10-11,16-17H,5,8-9,12-15H2,1-2H3/t16-,17-/m1/s1. The highest BCUT2D eigenvalue weighted by molar-refractivity contribution is 5.78. The molecule has 5 nitrogen and oxygen atoms in total. The second-order valence-corrected chi connectivity index (χ2v) is 7.18. The number of para-hydroxylation sites is 2. The van der Waals surface area contributed by atoms with Crippen molar-refractivity contribution >= 4 is 5.91 Å². The van der Waals surface area contributed by atoms with Crippen LogP contribution in [0.2, 0.25) is 0 Å². The molecular formula is C20H28N2O3. The van der Waals surface area contributed by atoms with Gasteiger partial charge in [-0.05, 0) is 51.4 Å². The lowest BCUT2D eigenvalue weighted by atomic mass is 9.94. The fourth-order valence-corrected chi connectivity index (χ4v) is 3.38. The lowest BCUT2D eigenvalue weighted by Gasteiger charge is -2.34. The van der Waals surface area contributed by atoms with Gasteiger partial charge in [-0.2, -0.15) is 0 Å². The van der Waals surface area contributed by atoms with Gasteiger partial charge in [-0.25, -0.2) is 0 Å². The van der Waals surface area contributed by atoms with Crippen molar-refractivity contribution in [1.29, 1.82) is 0 Å². The zero-order valence-electron chi connectivity index (χ0n) is 15.2. The Morgan fingerprint density at radius 3 is 2.68 bits per heavy atom. The molecule has 0 radical (unpaired) electrons. The number of allylic oxidation sites excluding steroid dienone is 2. The maximum absolute atomic E-state index is 12.7. The average Bonchev–Trinajstić information content (AvgIpc) is 2.61. The summed E-state index contributed by atoms with van der Waals surface area (Å²) in [7, 11) is 3.85. The van der Waals surface area contributed by atoms with Crippen LogP contribution in [-0.4, -0.2) is 62.1 Å². The minimum Gasteiger partial charge on any atom is -0.486 e. The molecule has 1 aromatic rings. The first kappa shape index (κ1) is 17.8. The third-order valence-corrected chi connectivity index (χ3v) is 4.65. The summed E-state index contributed by atoms with van der Waals surface area (Å²) in [6, 6.07) is 7.70. The van der Waals surface area contributed by atoms with Gasteiger partial charge in [0.25, 0.3) is 0 Å². The quantitative estimate of drug-likeness (QED) is 0.744. The Labute approximate surface area is 150 Å². The fraction of sp³-hybridized carbons (Fsp3) is 0.550. The van der Waals surface area contributed by atoms with Crippen molar-refractivity contribution in [2.24, 2.45) is 5.92 Å². The van der Waals surface area contributed by atoms with E-state index in [-0.39, 0.29) is 12.0 Å². The maximum Gasteiger partial charge on any atom is 0.236 e. The number of amides is 1. The van der Waals surface area contributed by atoms with Gasteiger partial charge in [-0.3, -0.25) is 4.79 Å². The van der Waals surface area contributed by atoms with Crippen LogP contribution >= 0.6 is 0 Å². The van der Waals surface area contributed by atoms with Gasteiger partial charge in [0.1, 0.15) is 6.61 Å². The zero-order chi connectivity index (χ0) is 17.6. The molecule has 1 heterocycles. The Kier molecular flexibility index (Phi) is 5.97.